The molecule has 1 rings (SSSR count). The molecule has 17 heavy (non-hydrogen) atoms. The van der Waals surface area contributed by atoms with Gasteiger partial charge in [0.25, 0.3) is 0 Å². The number of benzene rings is 1. The van der Waals surface area contributed by atoms with Crippen molar-refractivity contribution in [2.75, 3.05) is 20.3 Å². The first kappa shape index (κ1) is 14.6. The molecule has 1 atom stereocenters. The van der Waals surface area contributed by atoms with Crippen molar-refractivity contribution in [3.63, 3.8) is 0 Å². The molecule has 2 N–H and O–H groups in total. The van der Waals surface area contributed by atoms with E-state index in [-0.39, 0.29) is 12.1 Å². The van der Waals surface area contributed by atoms with Gasteiger partial charge in [-0.2, -0.15) is 0 Å². The zero-order valence-electron chi connectivity index (χ0n) is 10.4. The Kier molecular flexibility index (Phi) is 6.12. The highest BCUT2D eigenvalue weighted by molar-refractivity contribution is 9.10. The number of methoxy groups -OCH3 is 1. The second-order valence-electron chi connectivity index (χ2n) is 4.45. The van der Waals surface area contributed by atoms with Crippen LogP contribution in [0.5, 0.6) is 0 Å². The fourth-order valence-electron chi connectivity index (χ4n) is 1.74. The van der Waals surface area contributed by atoms with Gasteiger partial charge in [-0.15, -0.1) is 0 Å². The molecule has 0 heterocycles. The molecule has 0 spiro atoms. The van der Waals surface area contributed by atoms with Gasteiger partial charge in [-0.1, -0.05) is 28.1 Å². The molecular weight excluding hydrogens is 282 g/mol. The minimum Gasteiger partial charge on any atom is -0.396 e. The SMILES string of the molecule is COCC(C)(CCO)NCc1cccc(Br)c1. The number of hydrogen-bond donors (Lipinski definition) is 2. The summed E-state index contributed by atoms with van der Waals surface area (Å²) in [7, 11) is 1.68. The summed E-state index contributed by atoms with van der Waals surface area (Å²) >= 11 is 3.45. The first-order valence-electron chi connectivity index (χ1n) is 5.69. The molecule has 0 saturated carbocycles. The van der Waals surface area contributed by atoms with Gasteiger partial charge in [0.15, 0.2) is 0 Å². The van der Waals surface area contributed by atoms with Gasteiger partial charge in [-0.25, -0.2) is 0 Å². The molecule has 4 heteroatoms. The van der Waals surface area contributed by atoms with Crippen LogP contribution in [-0.4, -0.2) is 31.0 Å². The predicted molar refractivity (Wildman–Crippen MR) is 73.0 cm³/mol. The van der Waals surface area contributed by atoms with Crippen molar-refractivity contribution >= 4 is 15.9 Å². The average Bonchev–Trinajstić information content (AvgIpc) is 2.27. The highest BCUT2D eigenvalue weighted by atomic mass is 79.9. The van der Waals surface area contributed by atoms with Gasteiger partial charge in [0.2, 0.25) is 0 Å². The van der Waals surface area contributed by atoms with E-state index in [1.54, 1.807) is 7.11 Å². The Hall–Kier alpha value is -0.420. The molecule has 0 aliphatic rings. The van der Waals surface area contributed by atoms with E-state index in [1.807, 2.05) is 12.1 Å². The quantitative estimate of drug-likeness (QED) is 0.812. The number of ether oxygens (including phenoxy) is 1. The average molecular weight is 302 g/mol. The molecule has 96 valence electrons. The fraction of sp³-hybridized carbons (Fsp3) is 0.538. The van der Waals surface area contributed by atoms with Crippen molar-refractivity contribution in [2.24, 2.45) is 0 Å². The summed E-state index contributed by atoms with van der Waals surface area (Å²) in [6.45, 7) is 3.57. The van der Waals surface area contributed by atoms with Crippen LogP contribution in [0.3, 0.4) is 0 Å². The van der Waals surface area contributed by atoms with E-state index >= 15 is 0 Å². The first-order valence-corrected chi connectivity index (χ1v) is 6.48. The zero-order valence-corrected chi connectivity index (χ0v) is 12.0. The summed E-state index contributed by atoms with van der Waals surface area (Å²) in [6.07, 6.45) is 0.675. The molecule has 3 nitrogen and oxygen atoms in total. The van der Waals surface area contributed by atoms with E-state index in [9.17, 15) is 0 Å². The van der Waals surface area contributed by atoms with Gasteiger partial charge in [-0.05, 0) is 31.0 Å². The van der Waals surface area contributed by atoms with Crippen molar-refractivity contribution < 1.29 is 9.84 Å². The lowest BCUT2D eigenvalue weighted by Gasteiger charge is -2.29. The molecule has 0 radical (unpaired) electrons. The molecule has 0 aromatic heterocycles. The zero-order chi connectivity index (χ0) is 12.7. The molecule has 1 aromatic carbocycles. The number of aliphatic hydroxyl groups is 1. The van der Waals surface area contributed by atoms with Crippen molar-refractivity contribution in [1.29, 1.82) is 0 Å². The molecule has 0 bridgehead atoms. The third-order valence-corrected chi connectivity index (χ3v) is 3.23. The van der Waals surface area contributed by atoms with E-state index in [2.05, 4.69) is 40.3 Å². The van der Waals surface area contributed by atoms with Crippen LogP contribution in [0.2, 0.25) is 0 Å². The Labute approximate surface area is 111 Å². The highest BCUT2D eigenvalue weighted by Crippen LogP contribution is 2.14. The molecule has 1 unspecified atom stereocenters. The number of nitrogens with one attached hydrogen (secondary N) is 1. The van der Waals surface area contributed by atoms with Crippen LogP contribution in [0.4, 0.5) is 0 Å². The van der Waals surface area contributed by atoms with Gasteiger partial charge in [0.1, 0.15) is 0 Å². The summed E-state index contributed by atoms with van der Waals surface area (Å²) in [5, 5.41) is 12.5. The van der Waals surface area contributed by atoms with Crippen molar-refractivity contribution in [1.82, 2.24) is 5.32 Å². The molecular formula is C13H20BrNO2. The normalized spacial score (nSPS) is 14.6. The van der Waals surface area contributed by atoms with Gasteiger partial charge in [0, 0.05) is 30.3 Å². The number of halogens is 1. The van der Waals surface area contributed by atoms with Gasteiger partial charge >= 0.3 is 0 Å². The second kappa shape index (κ2) is 7.11. The number of hydrogen-bond acceptors (Lipinski definition) is 3. The molecule has 0 aliphatic heterocycles. The lowest BCUT2D eigenvalue weighted by molar-refractivity contribution is 0.0969. The largest absolute Gasteiger partial charge is 0.396 e. The highest BCUT2D eigenvalue weighted by Gasteiger charge is 2.22. The summed E-state index contributed by atoms with van der Waals surface area (Å²) in [4.78, 5) is 0. The second-order valence-corrected chi connectivity index (χ2v) is 5.37. The van der Waals surface area contributed by atoms with Crippen molar-refractivity contribution in [3.05, 3.63) is 34.3 Å². The maximum absolute atomic E-state index is 9.07. The topological polar surface area (TPSA) is 41.5 Å². The van der Waals surface area contributed by atoms with Crippen LogP contribution in [0.1, 0.15) is 18.9 Å². The van der Waals surface area contributed by atoms with E-state index in [4.69, 9.17) is 9.84 Å². The Balaban J connectivity index is 2.57. The summed E-state index contributed by atoms with van der Waals surface area (Å²) < 4.78 is 6.27. The molecule has 0 aliphatic carbocycles. The summed E-state index contributed by atoms with van der Waals surface area (Å²) in [6, 6.07) is 8.18. The third-order valence-electron chi connectivity index (χ3n) is 2.73. The minimum absolute atomic E-state index is 0.158. The van der Waals surface area contributed by atoms with Crippen LogP contribution < -0.4 is 5.32 Å². The minimum atomic E-state index is -0.189. The van der Waals surface area contributed by atoms with Crippen LogP contribution in [0.15, 0.2) is 28.7 Å². The molecule has 0 fully saturated rings. The summed E-state index contributed by atoms with van der Waals surface area (Å²) in [5.74, 6) is 0. The third kappa shape index (κ3) is 5.17. The molecule has 0 saturated heterocycles. The van der Waals surface area contributed by atoms with Crippen molar-refractivity contribution in [3.8, 4) is 0 Å². The van der Waals surface area contributed by atoms with E-state index in [0.29, 0.717) is 13.0 Å². The smallest absolute Gasteiger partial charge is 0.0642 e. The summed E-state index contributed by atoms with van der Waals surface area (Å²) in [5.41, 5.74) is 1.02. The lowest BCUT2D eigenvalue weighted by atomic mass is 9.99. The Morgan fingerprint density at radius 1 is 1.47 bits per heavy atom. The Morgan fingerprint density at radius 3 is 2.82 bits per heavy atom. The number of rotatable bonds is 7. The maximum atomic E-state index is 9.07. The van der Waals surface area contributed by atoms with Crippen LogP contribution in [0.25, 0.3) is 0 Å². The molecule has 0 amide bonds. The van der Waals surface area contributed by atoms with E-state index in [1.165, 1.54) is 5.56 Å². The number of aliphatic hydroxyl groups excluding tert-OH is 1. The van der Waals surface area contributed by atoms with Gasteiger partial charge in [-0.3, -0.25) is 0 Å². The monoisotopic (exact) mass is 301 g/mol. The van der Waals surface area contributed by atoms with Crippen LogP contribution in [-0.2, 0) is 11.3 Å². The predicted octanol–water partition coefficient (Wildman–Crippen LogP) is 2.33. The Morgan fingerprint density at radius 2 is 2.24 bits per heavy atom. The standard InChI is InChI=1S/C13H20BrNO2/c1-13(6-7-16,10-17-2)15-9-11-4-3-5-12(14)8-11/h3-5,8,15-16H,6-7,9-10H2,1-2H3. The van der Waals surface area contributed by atoms with Gasteiger partial charge in [0.05, 0.1) is 6.61 Å². The van der Waals surface area contributed by atoms with Crippen LogP contribution >= 0.6 is 15.9 Å². The molecule has 1 aromatic rings. The van der Waals surface area contributed by atoms with E-state index < -0.39 is 0 Å². The first-order chi connectivity index (χ1) is 8.09. The van der Waals surface area contributed by atoms with Crippen LogP contribution in [0, 0.1) is 0 Å². The fourth-order valence-corrected chi connectivity index (χ4v) is 2.19. The van der Waals surface area contributed by atoms with Gasteiger partial charge < -0.3 is 15.2 Å². The lowest BCUT2D eigenvalue weighted by Crippen LogP contribution is -2.46. The van der Waals surface area contributed by atoms with Crippen molar-refractivity contribution in [2.45, 2.75) is 25.4 Å². The maximum Gasteiger partial charge on any atom is 0.0642 e. The Bertz CT molecular complexity index is 338. The van der Waals surface area contributed by atoms with E-state index in [0.717, 1.165) is 11.0 Å².